The number of carbonyl (C=O) groups excluding carboxylic acids is 1. The normalized spacial score (nSPS) is 10.7. The fourth-order valence-electron chi connectivity index (χ4n) is 1.82. The highest BCUT2D eigenvalue weighted by atomic mass is 32.1. The van der Waals surface area contributed by atoms with Gasteiger partial charge in [-0.05, 0) is 12.1 Å². The summed E-state index contributed by atoms with van der Waals surface area (Å²) in [6.45, 7) is 0. The highest BCUT2D eigenvalue weighted by Crippen LogP contribution is 2.13. The second-order valence-electron chi connectivity index (χ2n) is 4.09. The second-order valence-corrected chi connectivity index (χ2v) is 4.98. The number of thiazole rings is 1. The zero-order chi connectivity index (χ0) is 13.1. The lowest BCUT2D eigenvalue weighted by Crippen LogP contribution is -2.12. The van der Waals surface area contributed by atoms with Crippen molar-refractivity contribution in [2.75, 3.05) is 5.32 Å². The van der Waals surface area contributed by atoms with Crippen molar-refractivity contribution in [2.45, 2.75) is 12.8 Å². The number of fused-ring (bicyclic) bond motifs is 1. The van der Waals surface area contributed by atoms with Gasteiger partial charge in [-0.15, -0.1) is 11.3 Å². The Labute approximate surface area is 113 Å². The Morgan fingerprint density at radius 2 is 2.26 bits per heavy atom. The van der Waals surface area contributed by atoms with E-state index in [1.165, 1.54) is 11.3 Å². The molecule has 96 valence electrons. The van der Waals surface area contributed by atoms with Gasteiger partial charge < -0.3 is 10.3 Å². The molecule has 0 fully saturated rings. The fraction of sp³-hybridized carbons (Fsp3) is 0.154. The van der Waals surface area contributed by atoms with Crippen LogP contribution in [0.4, 0.5) is 5.13 Å². The van der Waals surface area contributed by atoms with Crippen molar-refractivity contribution < 1.29 is 4.79 Å². The molecular weight excluding hydrogens is 260 g/mol. The molecule has 2 aromatic heterocycles. The number of para-hydroxylation sites is 2. The molecule has 2 N–H and O–H groups in total. The summed E-state index contributed by atoms with van der Waals surface area (Å²) < 4.78 is 0. The molecule has 1 aromatic carbocycles. The average molecular weight is 272 g/mol. The maximum atomic E-state index is 11.7. The van der Waals surface area contributed by atoms with Crippen LogP contribution in [0.5, 0.6) is 0 Å². The van der Waals surface area contributed by atoms with E-state index in [4.69, 9.17) is 0 Å². The van der Waals surface area contributed by atoms with Crippen LogP contribution in [0.1, 0.15) is 12.2 Å². The maximum Gasteiger partial charge on any atom is 0.226 e. The molecule has 0 aliphatic rings. The Bertz CT molecular complexity index is 657. The molecule has 1 amide bonds. The number of hydrogen-bond acceptors (Lipinski definition) is 4. The first-order chi connectivity index (χ1) is 9.31. The summed E-state index contributed by atoms with van der Waals surface area (Å²) in [6.07, 6.45) is 2.64. The number of rotatable bonds is 4. The Morgan fingerprint density at radius 3 is 3.05 bits per heavy atom. The van der Waals surface area contributed by atoms with Crippen LogP contribution in [0.15, 0.2) is 35.8 Å². The van der Waals surface area contributed by atoms with E-state index in [1.54, 1.807) is 6.20 Å². The van der Waals surface area contributed by atoms with Crippen LogP contribution in [-0.2, 0) is 11.2 Å². The van der Waals surface area contributed by atoms with Crippen molar-refractivity contribution in [3.63, 3.8) is 0 Å². The highest BCUT2D eigenvalue weighted by molar-refractivity contribution is 7.13. The van der Waals surface area contributed by atoms with E-state index in [1.807, 2.05) is 29.6 Å². The van der Waals surface area contributed by atoms with Crippen molar-refractivity contribution in [3.8, 4) is 0 Å². The summed E-state index contributed by atoms with van der Waals surface area (Å²) >= 11 is 1.41. The molecule has 0 bridgehead atoms. The summed E-state index contributed by atoms with van der Waals surface area (Å²) in [5.74, 6) is 0.783. The topological polar surface area (TPSA) is 70.7 Å². The standard InChI is InChI=1S/C13H12N4OS/c18-12(17-13-14-7-8-19-13)6-5-11-15-9-3-1-2-4-10(9)16-11/h1-4,7-8H,5-6H2,(H,15,16)(H,14,17,18). The van der Waals surface area contributed by atoms with E-state index in [-0.39, 0.29) is 5.91 Å². The van der Waals surface area contributed by atoms with Gasteiger partial charge in [-0.2, -0.15) is 0 Å². The van der Waals surface area contributed by atoms with E-state index >= 15 is 0 Å². The molecule has 2 heterocycles. The van der Waals surface area contributed by atoms with E-state index in [9.17, 15) is 4.79 Å². The van der Waals surface area contributed by atoms with Crippen molar-refractivity contribution in [2.24, 2.45) is 0 Å². The number of aryl methyl sites for hydroxylation is 1. The number of carbonyl (C=O) groups is 1. The summed E-state index contributed by atoms with van der Waals surface area (Å²) in [5.41, 5.74) is 1.93. The van der Waals surface area contributed by atoms with Gasteiger partial charge in [0.25, 0.3) is 0 Å². The number of hydrogen-bond donors (Lipinski definition) is 2. The Balaban J connectivity index is 1.61. The zero-order valence-corrected chi connectivity index (χ0v) is 10.9. The maximum absolute atomic E-state index is 11.7. The number of amides is 1. The molecule has 0 saturated heterocycles. The number of aromatic amines is 1. The predicted octanol–water partition coefficient (Wildman–Crippen LogP) is 2.59. The van der Waals surface area contributed by atoms with Crippen LogP contribution in [0, 0.1) is 0 Å². The SMILES string of the molecule is O=C(CCc1nc2ccccc2[nH]1)Nc1nccs1. The minimum Gasteiger partial charge on any atom is -0.342 e. The molecule has 0 aliphatic carbocycles. The summed E-state index contributed by atoms with van der Waals surface area (Å²) in [5, 5.41) is 5.21. The third kappa shape index (κ3) is 2.79. The molecule has 19 heavy (non-hydrogen) atoms. The number of nitrogens with one attached hydrogen (secondary N) is 2. The minimum absolute atomic E-state index is 0.0459. The first-order valence-electron chi connectivity index (χ1n) is 5.94. The molecule has 0 spiro atoms. The number of anilines is 1. The van der Waals surface area contributed by atoms with Gasteiger partial charge >= 0.3 is 0 Å². The van der Waals surface area contributed by atoms with Gasteiger partial charge in [-0.25, -0.2) is 9.97 Å². The van der Waals surface area contributed by atoms with Crippen molar-refractivity contribution in [1.82, 2.24) is 15.0 Å². The average Bonchev–Trinajstić information content (AvgIpc) is 3.04. The van der Waals surface area contributed by atoms with Crippen LogP contribution >= 0.6 is 11.3 Å². The Morgan fingerprint density at radius 1 is 1.37 bits per heavy atom. The number of H-pyrrole nitrogens is 1. The van der Waals surface area contributed by atoms with Crippen molar-refractivity contribution in [3.05, 3.63) is 41.7 Å². The summed E-state index contributed by atoms with van der Waals surface area (Å²) in [4.78, 5) is 23.4. The second kappa shape index (κ2) is 5.19. The predicted molar refractivity (Wildman–Crippen MR) is 75.2 cm³/mol. The summed E-state index contributed by atoms with van der Waals surface area (Å²) in [6, 6.07) is 7.83. The number of imidazole rings is 1. The highest BCUT2D eigenvalue weighted by Gasteiger charge is 2.07. The lowest BCUT2D eigenvalue weighted by molar-refractivity contribution is -0.116. The molecule has 0 unspecified atom stereocenters. The molecule has 3 aromatic rings. The third-order valence-corrected chi connectivity index (χ3v) is 3.39. The van der Waals surface area contributed by atoms with Crippen molar-refractivity contribution >= 4 is 33.4 Å². The molecule has 0 saturated carbocycles. The first kappa shape index (κ1) is 11.9. The van der Waals surface area contributed by atoms with Crippen LogP contribution in [0.25, 0.3) is 11.0 Å². The molecule has 6 heteroatoms. The number of benzene rings is 1. The van der Waals surface area contributed by atoms with Gasteiger partial charge in [0.1, 0.15) is 5.82 Å². The third-order valence-electron chi connectivity index (χ3n) is 2.71. The first-order valence-corrected chi connectivity index (χ1v) is 6.82. The number of aromatic nitrogens is 3. The smallest absolute Gasteiger partial charge is 0.226 e. The monoisotopic (exact) mass is 272 g/mol. The molecule has 3 rings (SSSR count). The number of nitrogens with zero attached hydrogens (tertiary/aromatic N) is 2. The Hall–Kier alpha value is -2.21. The Kier molecular flexibility index (Phi) is 3.24. The molecular formula is C13H12N4OS. The van der Waals surface area contributed by atoms with Gasteiger partial charge in [0, 0.05) is 24.4 Å². The van der Waals surface area contributed by atoms with Gasteiger partial charge in [0.2, 0.25) is 5.91 Å². The van der Waals surface area contributed by atoms with Crippen LogP contribution < -0.4 is 5.32 Å². The fourth-order valence-corrected chi connectivity index (χ4v) is 2.37. The van der Waals surface area contributed by atoms with E-state index < -0.39 is 0 Å². The quantitative estimate of drug-likeness (QED) is 0.767. The van der Waals surface area contributed by atoms with Gasteiger partial charge in [0.15, 0.2) is 5.13 Å². The lowest BCUT2D eigenvalue weighted by Gasteiger charge is -1.99. The minimum atomic E-state index is -0.0459. The molecule has 5 nitrogen and oxygen atoms in total. The van der Waals surface area contributed by atoms with Gasteiger partial charge in [0.05, 0.1) is 11.0 Å². The van der Waals surface area contributed by atoms with E-state index in [2.05, 4.69) is 20.3 Å². The lowest BCUT2D eigenvalue weighted by atomic mass is 10.3. The van der Waals surface area contributed by atoms with E-state index in [0.717, 1.165) is 16.9 Å². The van der Waals surface area contributed by atoms with Crippen LogP contribution in [0.3, 0.4) is 0 Å². The van der Waals surface area contributed by atoms with Gasteiger partial charge in [-0.1, -0.05) is 12.1 Å². The molecule has 0 atom stereocenters. The van der Waals surface area contributed by atoms with Gasteiger partial charge in [-0.3, -0.25) is 4.79 Å². The largest absolute Gasteiger partial charge is 0.342 e. The summed E-state index contributed by atoms with van der Waals surface area (Å²) in [7, 11) is 0. The molecule has 0 radical (unpaired) electrons. The van der Waals surface area contributed by atoms with Crippen LogP contribution in [0.2, 0.25) is 0 Å². The van der Waals surface area contributed by atoms with E-state index in [0.29, 0.717) is 18.0 Å². The zero-order valence-electron chi connectivity index (χ0n) is 10.1. The van der Waals surface area contributed by atoms with Crippen molar-refractivity contribution in [1.29, 1.82) is 0 Å². The van der Waals surface area contributed by atoms with Crippen LogP contribution in [-0.4, -0.2) is 20.9 Å². The molecule has 0 aliphatic heterocycles.